The SMILES string of the molecule is O=C(C1CCCCC1)N1CCOc2c(O)cc(-c3cccc(Cl)c3)cc2C1. The Labute approximate surface area is 164 Å². The Balaban J connectivity index is 1.63. The topological polar surface area (TPSA) is 49.8 Å². The number of hydrogen-bond donors (Lipinski definition) is 1. The average Bonchev–Trinajstić information content (AvgIpc) is 2.91. The van der Waals surface area contributed by atoms with Crippen molar-refractivity contribution >= 4 is 17.5 Å². The number of nitrogens with zero attached hydrogens (tertiary/aromatic N) is 1. The number of fused-ring (bicyclic) bond motifs is 1. The standard InChI is InChI=1S/C22H24ClNO3/c23-19-8-4-7-16(12-19)17-11-18-14-24(9-10-27-21(18)20(25)13-17)22(26)15-5-2-1-3-6-15/h4,7-8,11-13,15,25H,1-3,5-6,9-10,14H2. The lowest BCUT2D eigenvalue weighted by Gasteiger charge is -2.28. The van der Waals surface area contributed by atoms with Crippen LogP contribution in [0.5, 0.6) is 11.5 Å². The molecule has 1 aliphatic carbocycles. The normalized spacial score (nSPS) is 17.7. The summed E-state index contributed by atoms with van der Waals surface area (Å²) in [6.45, 7) is 1.41. The summed E-state index contributed by atoms with van der Waals surface area (Å²) in [6, 6.07) is 11.2. The van der Waals surface area contributed by atoms with Crippen molar-refractivity contribution in [1.82, 2.24) is 4.90 Å². The summed E-state index contributed by atoms with van der Waals surface area (Å²) in [7, 11) is 0. The molecule has 1 aliphatic heterocycles. The van der Waals surface area contributed by atoms with Gasteiger partial charge in [0.25, 0.3) is 0 Å². The van der Waals surface area contributed by atoms with E-state index < -0.39 is 0 Å². The third kappa shape index (κ3) is 3.91. The summed E-state index contributed by atoms with van der Waals surface area (Å²) in [6.07, 6.45) is 5.47. The second-order valence-electron chi connectivity index (χ2n) is 7.44. The number of ether oxygens (including phenoxy) is 1. The number of carbonyl (C=O) groups is 1. The smallest absolute Gasteiger partial charge is 0.226 e. The molecule has 1 fully saturated rings. The van der Waals surface area contributed by atoms with Gasteiger partial charge in [-0.15, -0.1) is 0 Å². The number of halogens is 1. The molecule has 0 unspecified atom stereocenters. The van der Waals surface area contributed by atoms with Crippen LogP contribution >= 0.6 is 11.6 Å². The molecule has 1 saturated carbocycles. The van der Waals surface area contributed by atoms with Crippen molar-refractivity contribution in [3.05, 3.63) is 47.0 Å². The van der Waals surface area contributed by atoms with Gasteiger partial charge in [-0.05, 0) is 48.2 Å². The Morgan fingerprint density at radius 2 is 1.93 bits per heavy atom. The molecule has 142 valence electrons. The third-order valence-electron chi connectivity index (χ3n) is 5.54. The molecule has 0 saturated heterocycles. The van der Waals surface area contributed by atoms with E-state index in [1.165, 1.54) is 6.42 Å². The summed E-state index contributed by atoms with van der Waals surface area (Å²) < 4.78 is 5.79. The number of rotatable bonds is 2. The fourth-order valence-corrected chi connectivity index (χ4v) is 4.32. The third-order valence-corrected chi connectivity index (χ3v) is 5.77. The van der Waals surface area contributed by atoms with Crippen LogP contribution < -0.4 is 4.74 Å². The molecule has 0 bridgehead atoms. The number of hydrogen-bond acceptors (Lipinski definition) is 3. The summed E-state index contributed by atoms with van der Waals surface area (Å²) in [5.74, 6) is 0.943. The molecule has 0 spiro atoms. The lowest BCUT2D eigenvalue weighted by molar-refractivity contribution is -0.137. The summed E-state index contributed by atoms with van der Waals surface area (Å²) >= 11 is 6.11. The van der Waals surface area contributed by atoms with Gasteiger partial charge in [0.05, 0.1) is 6.54 Å². The molecule has 1 amide bonds. The minimum atomic E-state index is 0.106. The van der Waals surface area contributed by atoms with Crippen LogP contribution in [-0.2, 0) is 11.3 Å². The fraction of sp³-hybridized carbons (Fsp3) is 0.409. The van der Waals surface area contributed by atoms with Crippen molar-refractivity contribution in [2.45, 2.75) is 38.6 Å². The number of aromatic hydroxyl groups is 1. The molecule has 0 aromatic heterocycles. The van der Waals surface area contributed by atoms with E-state index in [0.717, 1.165) is 42.4 Å². The maximum absolute atomic E-state index is 13.0. The van der Waals surface area contributed by atoms with Crippen LogP contribution in [0.1, 0.15) is 37.7 Å². The molecule has 1 heterocycles. The number of amides is 1. The highest BCUT2D eigenvalue weighted by Gasteiger charge is 2.29. The molecule has 2 aromatic rings. The largest absolute Gasteiger partial charge is 0.504 e. The van der Waals surface area contributed by atoms with Crippen LogP contribution in [0, 0.1) is 5.92 Å². The molecular formula is C22H24ClNO3. The number of phenolic OH excluding ortho intramolecular Hbond substituents is 1. The van der Waals surface area contributed by atoms with Crippen LogP contribution in [0.25, 0.3) is 11.1 Å². The van der Waals surface area contributed by atoms with E-state index in [2.05, 4.69) is 0 Å². The minimum absolute atomic E-state index is 0.106. The Morgan fingerprint density at radius 1 is 1.11 bits per heavy atom. The van der Waals surface area contributed by atoms with E-state index in [1.807, 2.05) is 35.2 Å². The Hall–Kier alpha value is -2.20. The fourth-order valence-electron chi connectivity index (χ4n) is 4.13. The second-order valence-corrected chi connectivity index (χ2v) is 7.87. The van der Waals surface area contributed by atoms with Crippen LogP contribution in [0.15, 0.2) is 36.4 Å². The van der Waals surface area contributed by atoms with Crippen LogP contribution in [0.4, 0.5) is 0 Å². The number of carbonyl (C=O) groups excluding carboxylic acids is 1. The van der Waals surface area contributed by atoms with Crippen molar-refractivity contribution < 1.29 is 14.6 Å². The monoisotopic (exact) mass is 385 g/mol. The first-order valence-electron chi connectivity index (χ1n) is 9.65. The number of benzene rings is 2. The Morgan fingerprint density at radius 3 is 2.70 bits per heavy atom. The van der Waals surface area contributed by atoms with Gasteiger partial charge < -0.3 is 14.7 Å². The first-order valence-corrected chi connectivity index (χ1v) is 10.0. The molecule has 0 radical (unpaired) electrons. The zero-order chi connectivity index (χ0) is 18.8. The lowest BCUT2D eigenvalue weighted by Crippen LogP contribution is -2.37. The van der Waals surface area contributed by atoms with Gasteiger partial charge in [0.1, 0.15) is 6.61 Å². The van der Waals surface area contributed by atoms with Gasteiger partial charge in [0.15, 0.2) is 11.5 Å². The highest BCUT2D eigenvalue weighted by molar-refractivity contribution is 6.30. The van der Waals surface area contributed by atoms with Gasteiger partial charge in [-0.3, -0.25) is 4.79 Å². The first-order chi connectivity index (χ1) is 13.1. The van der Waals surface area contributed by atoms with Gasteiger partial charge in [0, 0.05) is 23.0 Å². The van der Waals surface area contributed by atoms with Crippen molar-refractivity contribution in [3.63, 3.8) is 0 Å². The van der Waals surface area contributed by atoms with E-state index in [4.69, 9.17) is 16.3 Å². The van der Waals surface area contributed by atoms with Crippen molar-refractivity contribution in [1.29, 1.82) is 0 Å². The van der Waals surface area contributed by atoms with E-state index >= 15 is 0 Å². The number of phenols is 1. The van der Waals surface area contributed by atoms with Crippen molar-refractivity contribution in [3.8, 4) is 22.6 Å². The van der Waals surface area contributed by atoms with Crippen molar-refractivity contribution in [2.75, 3.05) is 13.2 Å². The van der Waals surface area contributed by atoms with Crippen LogP contribution in [-0.4, -0.2) is 29.1 Å². The summed E-state index contributed by atoms with van der Waals surface area (Å²) in [5.41, 5.74) is 2.63. The van der Waals surface area contributed by atoms with E-state index in [0.29, 0.717) is 30.5 Å². The highest BCUT2D eigenvalue weighted by Crippen LogP contribution is 2.38. The Bertz CT molecular complexity index is 845. The predicted molar refractivity (Wildman–Crippen MR) is 106 cm³/mol. The molecule has 0 atom stereocenters. The van der Waals surface area contributed by atoms with Crippen LogP contribution in [0.2, 0.25) is 5.02 Å². The molecule has 2 aliphatic rings. The molecule has 1 N–H and O–H groups in total. The molecule has 2 aromatic carbocycles. The van der Waals surface area contributed by atoms with Gasteiger partial charge in [-0.2, -0.15) is 0 Å². The highest BCUT2D eigenvalue weighted by atomic mass is 35.5. The zero-order valence-electron chi connectivity index (χ0n) is 15.3. The second kappa shape index (κ2) is 7.81. The minimum Gasteiger partial charge on any atom is -0.504 e. The molecule has 4 rings (SSSR count). The van der Waals surface area contributed by atoms with Gasteiger partial charge >= 0.3 is 0 Å². The predicted octanol–water partition coefficient (Wildman–Crippen LogP) is 5.01. The molecule has 5 heteroatoms. The van der Waals surface area contributed by atoms with Gasteiger partial charge in [-0.25, -0.2) is 0 Å². The maximum Gasteiger partial charge on any atom is 0.226 e. The summed E-state index contributed by atoms with van der Waals surface area (Å²) in [5, 5.41) is 11.2. The Kier molecular flexibility index (Phi) is 5.26. The van der Waals surface area contributed by atoms with Crippen LogP contribution in [0.3, 0.4) is 0 Å². The zero-order valence-corrected chi connectivity index (χ0v) is 16.0. The van der Waals surface area contributed by atoms with E-state index in [1.54, 1.807) is 6.07 Å². The van der Waals surface area contributed by atoms with Crippen molar-refractivity contribution in [2.24, 2.45) is 5.92 Å². The van der Waals surface area contributed by atoms with E-state index in [-0.39, 0.29) is 17.6 Å². The molecule has 4 nitrogen and oxygen atoms in total. The van der Waals surface area contributed by atoms with Gasteiger partial charge in [0.2, 0.25) is 5.91 Å². The average molecular weight is 386 g/mol. The van der Waals surface area contributed by atoms with Gasteiger partial charge in [-0.1, -0.05) is 43.0 Å². The van der Waals surface area contributed by atoms with E-state index in [9.17, 15) is 9.90 Å². The summed E-state index contributed by atoms with van der Waals surface area (Å²) in [4.78, 5) is 14.9. The lowest BCUT2D eigenvalue weighted by atomic mass is 9.88. The molecular weight excluding hydrogens is 362 g/mol. The maximum atomic E-state index is 13.0. The first kappa shape index (κ1) is 18.2. The molecule has 27 heavy (non-hydrogen) atoms. The quantitative estimate of drug-likeness (QED) is 0.790.